The molecule has 3 aromatic carbocycles. The van der Waals surface area contributed by atoms with Crippen LogP contribution in [-0.4, -0.2) is 59.6 Å². The minimum atomic E-state index is -0.439. The normalized spacial score (nSPS) is 12.1. The van der Waals surface area contributed by atoms with E-state index in [0.717, 1.165) is 4.47 Å². The van der Waals surface area contributed by atoms with E-state index in [2.05, 4.69) is 15.9 Å². The molecule has 0 aliphatic rings. The second-order valence-corrected chi connectivity index (χ2v) is 9.98. The SMILES string of the molecule is CCC(c1nc2ccccc2c(=O)n1-c1ccc(OC)cc1)N(CCN(C)C)C(=O)c1cccc(Br)c1. The summed E-state index contributed by atoms with van der Waals surface area (Å²) in [7, 11) is 5.56. The summed E-state index contributed by atoms with van der Waals surface area (Å²) in [5.74, 6) is 1.11. The van der Waals surface area contributed by atoms with Crippen LogP contribution in [0.4, 0.5) is 0 Å². The van der Waals surface area contributed by atoms with Crippen molar-refractivity contribution in [2.24, 2.45) is 0 Å². The summed E-state index contributed by atoms with van der Waals surface area (Å²) < 4.78 is 7.79. The van der Waals surface area contributed by atoms with E-state index in [9.17, 15) is 9.59 Å². The highest BCUT2D eigenvalue weighted by Crippen LogP contribution is 2.28. The largest absolute Gasteiger partial charge is 0.497 e. The Bertz CT molecular complexity index is 1450. The number of hydrogen-bond donors (Lipinski definition) is 0. The third-order valence-electron chi connectivity index (χ3n) is 6.31. The van der Waals surface area contributed by atoms with Crippen molar-refractivity contribution in [2.45, 2.75) is 19.4 Å². The standard InChI is InChI=1S/C29H31BrN4O3/c1-5-26(33(18-17-32(2)3)28(35)20-9-8-10-21(30)19-20)27-31-25-12-7-6-11-24(25)29(36)34(27)22-13-15-23(37-4)16-14-22/h6-16,19,26H,5,17-18H2,1-4H3. The van der Waals surface area contributed by atoms with Crippen LogP contribution in [0.2, 0.25) is 0 Å². The number of rotatable bonds is 9. The van der Waals surface area contributed by atoms with Gasteiger partial charge in [0.05, 0.1) is 29.7 Å². The average Bonchev–Trinajstić information content (AvgIpc) is 2.90. The second-order valence-electron chi connectivity index (χ2n) is 9.06. The van der Waals surface area contributed by atoms with Gasteiger partial charge in [0.15, 0.2) is 0 Å². The van der Waals surface area contributed by atoms with Gasteiger partial charge in [0.1, 0.15) is 11.6 Å². The number of nitrogens with zero attached hydrogens (tertiary/aromatic N) is 4. The number of amides is 1. The lowest BCUT2D eigenvalue weighted by Crippen LogP contribution is -2.41. The van der Waals surface area contributed by atoms with Crippen molar-refractivity contribution in [3.8, 4) is 11.4 Å². The van der Waals surface area contributed by atoms with Gasteiger partial charge in [-0.3, -0.25) is 14.2 Å². The van der Waals surface area contributed by atoms with Crippen molar-refractivity contribution in [3.63, 3.8) is 0 Å². The summed E-state index contributed by atoms with van der Waals surface area (Å²) in [5, 5.41) is 0.523. The summed E-state index contributed by atoms with van der Waals surface area (Å²) in [6.45, 7) is 3.15. The number of ether oxygens (including phenoxy) is 1. The topological polar surface area (TPSA) is 67.7 Å². The highest BCUT2D eigenvalue weighted by molar-refractivity contribution is 9.10. The number of carbonyl (C=O) groups is 1. The number of para-hydroxylation sites is 1. The molecule has 1 atom stereocenters. The molecule has 0 radical (unpaired) electrons. The smallest absolute Gasteiger partial charge is 0.266 e. The van der Waals surface area contributed by atoms with E-state index in [1.807, 2.05) is 97.5 Å². The molecular weight excluding hydrogens is 532 g/mol. The van der Waals surface area contributed by atoms with Crippen LogP contribution < -0.4 is 10.3 Å². The maximum atomic E-state index is 13.9. The van der Waals surface area contributed by atoms with E-state index in [0.29, 0.717) is 53.2 Å². The molecule has 4 aromatic rings. The highest BCUT2D eigenvalue weighted by Gasteiger charge is 2.30. The zero-order chi connectivity index (χ0) is 26.5. The molecule has 0 aliphatic carbocycles. The Morgan fingerprint density at radius 2 is 1.76 bits per heavy atom. The summed E-state index contributed by atoms with van der Waals surface area (Å²) in [6, 6.07) is 21.6. The lowest BCUT2D eigenvalue weighted by molar-refractivity contribution is 0.0644. The molecule has 1 aromatic heterocycles. The summed E-state index contributed by atoms with van der Waals surface area (Å²) >= 11 is 3.48. The molecule has 8 heteroatoms. The van der Waals surface area contributed by atoms with Crippen molar-refractivity contribution < 1.29 is 9.53 Å². The highest BCUT2D eigenvalue weighted by atomic mass is 79.9. The van der Waals surface area contributed by atoms with Crippen molar-refractivity contribution in [2.75, 3.05) is 34.3 Å². The fraction of sp³-hybridized carbons (Fsp3) is 0.276. The second kappa shape index (κ2) is 11.7. The van der Waals surface area contributed by atoms with E-state index in [-0.39, 0.29) is 11.5 Å². The third-order valence-corrected chi connectivity index (χ3v) is 6.81. The van der Waals surface area contributed by atoms with Gasteiger partial charge in [-0.15, -0.1) is 0 Å². The lowest BCUT2D eigenvalue weighted by Gasteiger charge is -2.33. The van der Waals surface area contributed by atoms with Crippen LogP contribution >= 0.6 is 15.9 Å². The van der Waals surface area contributed by atoms with E-state index < -0.39 is 6.04 Å². The minimum Gasteiger partial charge on any atom is -0.497 e. The van der Waals surface area contributed by atoms with Crippen molar-refractivity contribution in [1.29, 1.82) is 0 Å². The predicted molar refractivity (Wildman–Crippen MR) is 151 cm³/mol. The number of fused-ring (bicyclic) bond motifs is 1. The van der Waals surface area contributed by atoms with Gasteiger partial charge in [0, 0.05) is 23.1 Å². The maximum absolute atomic E-state index is 13.9. The minimum absolute atomic E-state index is 0.112. The molecule has 1 amide bonds. The molecule has 1 unspecified atom stereocenters. The lowest BCUT2D eigenvalue weighted by atomic mass is 10.1. The number of likely N-dealkylation sites (N-methyl/N-ethyl adjacent to an activating group) is 1. The van der Waals surface area contributed by atoms with Crippen LogP contribution in [-0.2, 0) is 0 Å². The molecule has 1 heterocycles. The van der Waals surface area contributed by atoms with Gasteiger partial charge in [0.25, 0.3) is 11.5 Å². The Morgan fingerprint density at radius 3 is 2.41 bits per heavy atom. The van der Waals surface area contributed by atoms with Gasteiger partial charge in [-0.05, 0) is 75.1 Å². The molecule has 0 saturated heterocycles. The van der Waals surface area contributed by atoms with Crippen molar-refractivity contribution >= 4 is 32.7 Å². The quantitative estimate of drug-likeness (QED) is 0.276. The molecule has 192 valence electrons. The number of methoxy groups -OCH3 is 1. The molecule has 0 spiro atoms. The van der Waals surface area contributed by atoms with Crippen LogP contribution in [0.3, 0.4) is 0 Å². The number of hydrogen-bond acceptors (Lipinski definition) is 5. The molecule has 0 N–H and O–H groups in total. The Hall–Kier alpha value is -3.49. The first-order valence-corrected chi connectivity index (χ1v) is 13.0. The molecular formula is C29H31BrN4O3. The molecule has 7 nitrogen and oxygen atoms in total. The molecule has 0 aliphatic heterocycles. The van der Waals surface area contributed by atoms with Gasteiger partial charge in [0.2, 0.25) is 0 Å². The number of carbonyl (C=O) groups excluding carboxylic acids is 1. The molecule has 37 heavy (non-hydrogen) atoms. The van der Waals surface area contributed by atoms with Gasteiger partial charge in [-0.2, -0.15) is 0 Å². The maximum Gasteiger partial charge on any atom is 0.266 e. The number of aromatic nitrogens is 2. The summed E-state index contributed by atoms with van der Waals surface area (Å²) in [4.78, 5) is 36.6. The first kappa shape index (κ1) is 26.6. The van der Waals surface area contributed by atoms with Gasteiger partial charge < -0.3 is 14.5 Å². The fourth-order valence-corrected chi connectivity index (χ4v) is 4.79. The average molecular weight is 563 g/mol. The van der Waals surface area contributed by atoms with E-state index in [1.165, 1.54) is 0 Å². The van der Waals surface area contributed by atoms with Crippen LogP contribution in [0.25, 0.3) is 16.6 Å². The number of halogens is 1. The third kappa shape index (κ3) is 5.76. The van der Waals surface area contributed by atoms with E-state index in [1.54, 1.807) is 17.7 Å². The van der Waals surface area contributed by atoms with Gasteiger partial charge >= 0.3 is 0 Å². The van der Waals surface area contributed by atoms with Gasteiger partial charge in [-0.1, -0.05) is 41.1 Å². The Labute approximate surface area is 225 Å². The monoisotopic (exact) mass is 562 g/mol. The van der Waals surface area contributed by atoms with Crippen LogP contribution in [0.5, 0.6) is 5.75 Å². The van der Waals surface area contributed by atoms with Gasteiger partial charge in [-0.25, -0.2) is 4.98 Å². The predicted octanol–water partition coefficient (Wildman–Crippen LogP) is 5.31. The first-order valence-electron chi connectivity index (χ1n) is 12.2. The fourth-order valence-electron chi connectivity index (χ4n) is 4.39. The summed E-state index contributed by atoms with van der Waals surface area (Å²) in [6.07, 6.45) is 0.577. The molecule has 0 fully saturated rings. The molecule has 4 rings (SSSR count). The van der Waals surface area contributed by atoms with Crippen LogP contribution in [0.15, 0.2) is 82.1 Å². The zero-order valence-electron chi connectivity index (χ0n) is 21.5. The Morgan fingerprint density at radius 1 is 1.03 bits per heavy atom. The molecule has 0 bridgehead atoms. The van der Waals surface area contributed by atoms with Crippen LogP contribution in [0, 0.1) is 0 Å². The van der Waals surface area contributed by atoms with Crippen molar-refractivity contribution in [1.82, 2.24) is 19.4 Å². The van der Waals surface area contributed by atoms with Crippen LogP contribution in [0.1, 0.15) is 35.6 Å². The van der Waals surface area contributed by atoms with Crippen molar-refractivity contribution in [3.05, 3.63) is 99.0 Å². The number of benzene rings is 3. The first-order chi connectivity index (χ1) is 17.8. The zero-order valence-corrected chi connectivity index (χ0v) is 23.1. The Balaban J connectivity index is 1.93. The molecule has 0 saturated carbocycles. The van der Waals surface area contributed by atoms with E-state index in [4.69, 9.17) is 9.72 Å². The summed E-state index contributed by atoms with van der Waals surface area (Å²) in [5.41, 5.74) is 1.67. The van der Waals surface area contributed by atoms with E-state index >= 15 is 0 Å². The Kier molecular flexibility index (Phi) is 8.41.